The maximum Gasteiger partial charge on any atom is 0.209 e. The Morgan fingerprint density at radius 3 is 2.45 bits per heavy atom. The molecule has 0 saturated heterocycles. The maximum absolute atomic E-state index is 11.5. The number of para-hydroxylation sites is 1. The monoisotopic (exact) mass is 317 g/mol. The van der Waals surface area contributed by atoms with Crippen molar-refractivity contribution in [2.24, 2.45) is 10.6 Å². The molecule has 0 atom stereocenters. The Morgan fingerprint density at radius 1 is 1.20 bits per heavy atom. The third-order valence-corrected chi connectivity index (χ3v) is 5.12. The quantitative estimate of drug-likeness (QED) is 0.907. The standard InChI is InChI=1S/C14H20ClNO3S/c15-12-6-2-3-7-13(12)19-10-14(11-20(16,17)18)8-4-1-5-9-14/h2-3,6-7H,1,4-5,8-11H2,(H2,16,17,18). The van der Waals surface area contributed by atoms with Crippen LogP contribution in [0.25, 0.3) is 0 Å². The highest BCUT2D eigenvalue weighted by Crippen LogP contribution is 2.38. The van der Waals surface area contributed by atoms with E-state index in [1.54, 1.807) is 12.1 Å². The summed E-state index contributed by atoms with van der Waals surface area (Å²) < 4.78 is 28.7. The summed E-state index contributed by atoms with van der Waals surface area (Å²) in [5.41, 5.74) is -0.384. The lowest BCUT2D eigenvalue weighted by Crippen LogP contribution is -2.40. The summed E-state index contributed by atoms with van der Waals surface area (Å²) in [5, 5.41) is 5.78. The molecule has 20 heavy (non-hydrogen) atoms. The van der Waals surface area contributed by atoms with E-state index in [9.17, 15) is 8.42 Å². The van der Waals surface area contributed by atoms with Crippen molar-refractivity contribution in [3.8, 4) is 5.75 Å². The van der Waals surface area contributed by atoms with Crippen molar-refractivity contribution in [2.45, 2.75) is 32.1 Å². The summed E-state index contributed by atoms with van der Waals surface area (Å²) in [5.74, 6) is 0.568. The smallest absolute Gasteiger partial charge is 0.209 e. The average Bonchev–Trinajstić information content (AvgIpc) is 2.37. The summed E-state index contributed by atoms with van der Waals surface area (Å²) in [7, 11) is -3.51. The molecule has 0 aromatic heterocycles. The predicted octanol–water partition coefficient (Wildman–Crippen LogP) is 2.96. The van der Waals surface area contributed by atoms with E-state index < -0.39 is 10.0 Å². The van der Waals surface area contributed by atoms with Crippen molar-refractivity contribution in [1.82, 2.24) is 0 Å². The number of benzene rings is 1. The Hall–Kier alpha value is -0.780. The molecule has 1 aromatic carbocycles. The number of rotatable bonds is 5. The van der Waals surface area contributed by atoms with Crippen LogP contribution >= 0.6 is 11.6 Å². The van der Waals surface area contributed by atoms with Gasteiger partial charge >= 0.3 is 0 Å². The molecular formula is C14H20ClNO3S. The highest BCUT2D eigenvalue weighted by molar-refractivity contribution is 7.89. The average molecular weight is 318 g/mol. The van der Waals surface area contributed by atoms with Crippen LogP contribution in [0, 0.1) is 5.41 Å². The number of ether oxygens (including phenoxy) is 1. The van der Waals surface area contributed by atoms with Gasteiger partial charge in [0.2, 0.25) is 10.0 Å². The van der Waals surface area contributed by atoms with E-state index in [0.717, 1.165) is 32.1 Å². The summed E-state index contributed by atoms with van der Waals surface area (Å²) in [6.45, 7) is 0.340. The van der Waals surface area contributed by atoms with Crippen LogP contribution in [0.5, 0.6) is 5.75 Å². The first-order valence-corrected chi connectivity index (χ1v) is 8.87. The van der Waals surface area contributed by atoms with Crippen molar-refractivity contribution < 1.29 is 13.2 Å². The number of hydrogen-bond acceptors (Lipinski definition) is 3. The van der Waals surface area contributed by atoms with Crippen LogP contribution in [0.3, 0.4) is 0 Å². The van der Waals surface area contributed by atoms with Crippen LogP contribution < -0.4 is 9.88 Å². The molecule has 1 fully saturated rings. The van der Waals surface area contributed by atoms with E-state index in [4.69, 9.17) is 21.5 Å². The van der Waals surface area contributed by atoms with Gasteiger partial charge in [0.25, 0.3) is 0 Å². The first-order chi connectivity index (χ1) is 9.40. The first-order valence-electron chi connectivity index (χ1n) is 6.78. The molecule has 2 N–H and O–H groups in total. The number of hydrogen-bond donors (Lipinski definition) is 1. The Kier molecular flexibility index (Phi) is 4.94. The number of primary sulfonamides is 1. The number of nitrogens with two attached hydrogens (primary N) is 1. The van der Waals surface area contributed by atoms with Crippen molar-refractivity contribution >= 4 is 21.6 Å². The van der Waals surface area contributed by atoms with E-state index in [-0.39, 0.29) is 11.2 Å². The van der Waals surface area contributed by atoms with Gasteiger partial charge in [-0.2, -0.15) is 0 Å². The minimum atomic E-state index is -3.51. The van der Waals surface area contributed by atoms with Gasteiger partial charge < -0.3 is 4.74 Å². The topological polar surface area (TPSA) is 69.4 Å². The molecule has 6 heteroatoms. The molecule has 0 aliphatic heterocycles. The van der Waals surface area contributed by atoms with Gasteiger partial charge in [-0.05, 0) is 25.0 Å². The van der Waals surface area contributed by atoms with Gasteiger partial charge in [-0.15, -0.1) is 0 Å². The molecule has 1 saturated carbocycles. The van der Waals surface area contributed by atoms with Crippen LogP contribution in [-0.2, 0) is 10.0 Å². The molecule has 0 spiro atoms. The van der Waals surface area contributed by atoms with Gasteiger partial charge in [0.1, 0.15) is 5.75 Å². The number of halogens is 1. The van der Waals surface area contributed by atoms with Gasteiger partial charge in [0, 0.05) is 5.41 Å². The summed E-state index contributed by atoms with van der Waals surface area (Å²) in [4.78, 5) is 0. The van der Waals surface area contributed by atoms with E-state index in [0.29, 0.717) is 17.4 Å². The minimum Gasteiger partial charge on any atom is -0.491 e. The van der Waals surface area contributed by atoms with E-state index in [2.05, 4.69) is 0 Å². The van der Waals surface area contributed by atoms with Crippen LogP contribution in [0.1, 0.15) is 32.1 Å². The fourth-order valence-electron chi connectivity index (χ4n) is 2.85. The van der Waals surface area contributed by atoms with Crippen LogP contribution in [0.2, 0.25) is 5.02 Å². The molecule has 0 amide bonds. The largest absolute Gasteiger partial charge is 0.491 e. The van der Waals surface area contributed by atoms with Crippen molar-refractivity contribution in [2.75, 3.05) is 12.4 Å². The Bertz CT molecular complexity index is 553. The zero-order chi connectivity index (χ0) is 14.6. The lowest BCUT2D eigenvalue weighted by atomic mass is 9.76. The lowest BCUT2D eigenvalue weighted by molar-refractivity contribution is 0.119. The second-order valence-corrected chi connectivity index (χ2v) is 7.61. The first kappa shape index (κ1) is 15.6. The zero-order valence-corrected chi connectivity index (χ0v) is 12.9. The van der Waals surface area contributed by atoms with E-state index in [1.165, 1.54) is 0 Å². The second kappa shape index (κ2) is 6.33. The van der Waals surface area contributed by atoms with Crippen molar-refractivity contribution in [3.63, 3.8) is 0 Å². The Morgan fingerprint density at radius 2 is 1.85 bits per heavy atom. The van der Waals surface area contributed by atoms with Crippen LogP contribution in [0.4, 0.5) is 0 Å². The van der Waals surface area contributed by atoms with Gasteiger partial charge in [-0.3, -0.25) is 0 Å². The van der Waals surface area contributed by atoms with Gasteiger partial charge in [-0.25, -0.2) is 13.6 Å². The minimum absolute atomic E-state index is 0.0234. The molecule has 1 aliphatic carbocycles. The SMILES string of the molecule is NS(=O)(=O)CC1(COc2ccccc2Cl)CCCCC1. The Labute approximate surface area is 125 Å². The third-order valence-electron chi connectivity index (χ3n) is 3.79. The van der Waals surface area contributed by atoms with Crippen LogP contribution in [-0.4, -0.2) is 20.8 Å². The molecule has 0 radical (unpaired) electrons. The molecule has 2 rings (SSSR count). The van der Waals surface area contributed by atoms with Gasteiger partial charge in [0.05, 0.1) is 17.4 Å². The van der Waals surface area contributed by atoms with Crippen molar-refractivity contribution in [1.29, 1.82) is 0 Å². The third kappa shape index (κ3) is 4.36. The highest BCUT2D eigenvalue weighted by atomic mass is 35.5. The predicted molar refractivity (Wildman–Crippen MR) is 80.4 cm³/mol. The normalized spacial score (nSPS) is 18.7. The second-order valence-electron chi connectivity index (χ2n) is 5.59. The maximum atomic E-state index is 11.5. The van der Waals surface area contributed by atoms with Gasteiger partial charge in [0.15, 0.2) is 0 Å². The summed E-state index contributed by atoms with van der Waals surface area (Å²) >= 11 is 6.05. The molecule has 0 unspecified atom stereocenters. The lowest BCUT2D eigenvalue weighted by Gasteiger charge is -2.36. The molecule has 1 aliphatic rings. The summed E-state index contributed by atoms with van der Waals surface area (Å²) in [6, 6.07) is 7.21. The van der Waals surface area contributed by atoms with E-state index in [1.807, 2.05) is 12.1 Å². The van der Waals surface area contributed by atoms with Crippen molar-refractivity contribution in [3.05, 3.63) is 29.3 Å². The molecule has 112 valence electrons. The summed E-state index contributed by atoms with van der Waals surface area (Å²) in [6.07, 6.45) is 4.82. The molecular weight excluding hydrogens is 298 g/mol. The van der Waals surface area contributed by atoms with Crippen LogP contribution in [0.15, 0.2) is 24.3 Å². The fraction of sp³-hybridized carbons (Fsp3) is 0.571. The fourth-order valence-corrected chi connectivity index (χ4v) is 4.27. The zero-order valence-electron chi connectivity index (χ0n) is 11.3. The van der Waals surface area contributed by atoms with Gasteiger partial charge in [-0.1, -0.05) is 43.0 Å². The molecule has 1 aromatic rings. The molecule has 0 bridgehead atoms. The molecule has 4 nitrogen and oxygen atoms in total. The molecule has 0 heterocycles. The number of sulfonamides is 1. The van der Waals surface area contributed by atoms with E-state index >= 15 is 0 Å². The Balaban J connectivity index is 2.10. The highest BCUT2D eigenvalue weighted by Gasteiger charge is 2.36.